The summed E-state index contributed by atoms with van der Waals surface area (Å²) in [6, 6.07) is 11.9. The van der Waals surface area contributed by atoms with Crippen LogP contribution in [0, 0.1) is 20.2 Å². The molecule has 0 spiro atoms. The summed E-state index contributed by atoms with van der Waals surface area (Å²) in [7, 11) is 0. The van der Waals surface area contributed by atoms with Gasteiger partial charge in [-0.2, -0.15) is 4.98 Å². The number of aromatic nitrogens is 2. The lowest BCUT2D eigenvalue weighted by molar-refractivity contribution is -0.385. The third-order valence-corrected chi connectivity index (χ3v) is 3.31. The van der Waals surface area contributed by atoms with Crippen LogP contribution in [0.1, 0.15) is 11.5 Å². The van der Waals surface area contributed by atoms with E-state index in [1.165, 1.54) is 24.3 Å². The highest BCUT2D eigenvalue weighted by Gasteiger charge is 2.12. The highest BCUT2D eigenvalue weighted by Crippen LogP contribution is 2.21. The fourth-order valence-corrected chi connectivity index (χ4v) is 2.09. The SMILES string of the molecule is O=[N+]([O-])c1ccc(Cc2nc(-c3ccc([N+](=O)[O-])cc3)no2)cc1. The number of nitro groups is 2. The Kier molecular flexibility index (Phi) is 3.98. The van der Waals surface area contributed by atoms with E-state index in [1.807, 2.05) is 0 Å². The Labute approximate surface area is 134 Å². The molecule has 0 saturated carbocycles. The number of nitro benzene ring substituents is 2. The van der Waals surface area contributed by atoms with Crippen molar-refractivity contribution in [3.8, 4) is 11.4 Å². The van der Waals surface area contributed by atoms with Crippen molar-refractivity contribution >= 4 is 11.4 Å². The zero-order valence-electron chi connectivity index (χ0n) is 12.2. The van der Waals surface area contributed by atoms with E-state index < -0.39 is 9.85 Å². The largest absolute Gasteiger partial charge is 0.339 e. The predicted octanol–water partition coefficient (Wildman–Crippen LogP) is 3.14. The topological polar surface area (TPSA) is 125 Å². The molecule has 0 aliphatic heterocycles. The lowest BCUT2D eigenvalue weighted by Gasteiger charge is -1.96. The van der Waals surface area contributed by atoms with Crippen LogP contribution in [0.3, 0.4) is 0 Å². The van der Waals surface area contributed by atoms with E-state index in [0.29, 0.717) is 23.7 Å². The monoisotopic (exact) mass is 326 g/mol. The third-order valence-electron chi connectivity index (χ3n) is 3.31. The molecule has 0 bridgehead atoms. The van der Waals surface area contributed by atoms with Gasteiger partial charge in [0.15, 0.2) is 0 Å². The summed E-state index contributed by atoms with van der Waals surface area (Å²) in [4.78, 5) is 24.5. The molecule has 0 atom stereocenters. The first-order chi connectivity index (χ1) is 11.5. The number of nitrogens with zero attached hydrogens (tertiary/aromatic N) is 4. The van der Waals surface area contributed by atoms with Gasteiger partial charge in [-0.15, -0.1) is 0 Å². The number of rotatable bonds is 5. The molecule has 0 fully saturated rings. The van der Waals surface area contributed by atoms with Crippen molar-refractivity contribution in [1.29, 1.82) is 0 Å². The van der Waals surface area contributed by atoms with E-state index in [0.717, 1.165) is 5.56 Å². The first kappa shape index (κ1) is 15.3. The molecule has 1 heterocycles. The maximum absolute atomic E-state index is 10.6. The Bertz CT molecular complexity index is 887. The predicted molar refractivity (Wildman–Crippen MR) is 82.3 cm³/mol. The summed E-state index contributed by atoms with van der Waals surface area (Å²) in [6.07, 6.45) is 0.331. The summed E-state index contributed by atoms with van der Waals surface area (Å²) in [5, 5.41) is 25.1. The average Bonchev–Trinajstić information content (AvgIpc) is 3.04. The standard InChI is InChI=1S/C15H10N4O5/c20-18(21)12-5-1-10(2-6-12)9-14-16-15(17-24-14)11-3-7-13(8-4-11)19(22)23/h1-8H,9H2. The fraction of sp³-hybridized carbons (Fsp3) is 0.0667. The third kappa shape index (κ3) is 3.24. The molecule has 1 aromatic heterocycles. The smallest absolute Gasteiger partial charge is 0.269 e. The lowest BCUT2D eigenvalue weighted by Crippen LogP contribution is -1.91. The molecule has 2 aromatic carbocycles. The molecule has 9 nitrogen and oxygen atoms in total. The van der Waals surface area contributed by atoms with E-state index in [2.05, 4.69) is 10.1 Å². The molecule has 0 N–H and O–H groups in total. The Balaban J connectivity index is 1.75. The van der Waals surface area contributed by atoms with Gasteiger partial charge in [-0.3, -0.25) is 20.2 Å². The van der Waals surface area contributed by atoms with Crippen LogP contribution < -0.4 is 0 Å². The van der Waals surface area contributed by atoms with Crippen LogP contribution in [0.2, 0.25) is 0 Å². The Morgan fingerprint density at radius 2 is 1.42 bits per heavy atom. The van der Waals surface area contributed by atoms with Crippen LogP contribution in [-0.4, -0.2) is 20.0 Å². The van der Waals surface area contributed by atoms with Gasteiger partial charge in [-0.25, -0.2) is 0 Å². The van der Waals surface area contributed by atoms with Gasteiger partial charge in [0, 0.05) is 29.8 Å². The van der Waals surface area contributed by atoms with Gasteiger partial charge in [0.1, 0.15) is 0 Å². The number of hydrogen-bond acceptors (Lipinski definition) is 7. The summed E-state index contributed by atoms with van der Waals surface area (Å²) in [5.74, 6) is 0.666. The fourth-order valence-electron chi connectivity index (χ4n) is 2.09. The Morgan fingerprint density at radius 3 is 1.96 bits per heavy atom. The van der Waals surface area contributed by atoms with E-state index in [9.17, 15) is 20.2 Å². The molecule has 9 heteroatoms. The van der Waals surface area contributed by atoms with Crippen molar-refractivity contribution in [2.45, 2.75) is 6.42 Å². The summed E-state index contributed by atoms with van der Waals surface area (Å²) in [5.41, 5.74) is 1.38. The Hall–Kier alpha value is -3.62. The second kappa shape index (κ2) is 6.24. The molecule has 0 amide bonds. The zero-order valence-corrected chi connectivity index (χ0v) is 12.2. The lowest BCUT2D eigenvalue weighted by atomic mass is 10.1. The maximum atomic E-state index is 10.6. The summed E-state index contributed by atoms with van der Waals surface area (Å²) >= 11 is 0. The molecule has 0 saturated heterocycles. The molecule has 3 aromatic rings. The first-order valence-electron chi connectivity index (χ1n) is 6.83. The molecule has 0 aliphatic carbocycles. The van der Waals surface area contributed by atoms with E-state index >= 15 is 0 Å². The molecule has 24 heavy (non-hydrogen) atoms. The second-order valence-corrected chi connectivity index (χ2v) is 4.92. The van der Waals surface area contributed by atoms with Crippen LogP contribution >= 0.6 is 0 Å². The molecular weight excluding hydrogens is 316 g/mol. The minimum Gasteiger partial charge on any atom is -0.339 e. The highest BCUT2D eigenvalue weighted by molar-refractivity contribution is 5.56. The van der Waals surface area contributed by atoms with Gasteiger partial charge in [0.2, 0.25) is 11.7 Å². The van der Waals surface area contributed by atoms with Crippen LogP contribution in [0.4, 0.5) is 11.4 Å². The van der Waals surface area contributed by atoms with Crippen molar-refractivity contribution in [2.24, 2.45) is 0 Å². The van der Waals surface area contributed by atoms with Gasteiger partial charge in [-0.1, -0.05) is 17.3 Å². The van der Waals surface area contributed by atoms with Gasteiger partial charge >= 0.3 is 0 Å². The number of hydrogen-bond donors (Lipinski definition) is 0. The van der Waals surface area contributed by atoms with E-state index in [4.69, 9.17) is 4.52 Å². The van der Waals surface area contributed by atoms with Crippen LogP contribution in [-0.2, 0) is 6.42 Å². The van der Waals surface area contributed by atoms with E-state index in [1.54, 1.807) is 24.3 Å². The number of benzene rings is 2. The van der Waals surface area contributed by atoms with Gasteiger partial charge in [0.25, 0.3) is 11.4 Å². The van der Waals surface area contributed by atoms with Crippen LogP contribution in [0.5, 0.6) is 0 Å². The first-order valence-corrected chi connectivity index (χ1v) is 6.83. The summed E-state index contributed by atoms with van der Waals surface area (Å²) in [6.45, 7) is 0. The molecule has 3 rings (SSSR count). The van der Waals surface area contributed by atoms with Gasteiger partial charge < -0.3 is 4.52 Å². The van der Waals surface area contributed by atoms with E-state index in [-0.39, 0.29) is 11.4 Å². The quantitative estimate of drug-likeness (QED) is 0.520. The minimum absolute atomic E-state index is 0.0100. The normalized spacial score (nSPS) is 10.5. The van der Waals surface area contributed by atoms with Crippen molar-refractivity contribution in [1.82, 2.24) is 10.1 Å². The molecule has 120 valence electrons. The van der Waals surface area contributed by atoms with Crippen molar-refractivity contribution in [3.63, 3.8) is 0 Å². The Morgan fingerprint density at radius 1 is 0.875 bits per heavy atom. The van der Waals surface area contributed by atoms with Crippen molar-refractivity contribution in [2.75, 3.05) is 0 Å². The van der Waals surface area contributed by atoms with Crippen LogP contribution in [0.25, 0.3) is 11.4 Å². The minimum atomic E-state index is -0.486. The number of non-ortho nitro benzene ring substituents is 2. The second-order valence-electron chi connectivity index (χ2n) is 4.92. The maximum Gasteiger partial charge on any atom is 0.269 e. The van der Waals surface area contributed by atoms with Gasteiger partial charge in [-0.05, 0) is 17.7 Å². The van der Waals surface area contributed by atoms with Crippen LogP contribution in [0.15, 0.2) is 53.1 Å². The molecule has 0 radical (unpaired) electrons. The molecule has 0 unspecified atom stereocenters. The highest BCUT2D eigenvalue weighted by atomic mass is 16.6. The van der Waals surface area contributed by atoms with Gasteiger partial charge in [0.05, 0.1) is 16.3 Å². The van der Waals surface area contributed by atoms with Crippen molar-refractivity contribution < 1.29 is 14.4 Å². The molecule has 0 aliphatic rings. The molecular formula is C15H10N4O5. The zero-order chi connectivity index (χ0) is 17.1. The average molecular weight is 326 g/mol. The summed E-state index contributed by atoms with van der Waals surface area (Å²) < 4.78 is 5.15. The van der Waals surface area contributed by atoms with Crippen molar-refractivity contribution in [3.05, 3.63) is 80.2 Å².